The first-order chi connectivity index (χ1) is 9.82. The van der Waals surface area contributed by atoms with E-state index in [1.165, 1.54) is 13.8 Å². The third-order valence-corrected chi connectivity index (χ3v) is 3.67. The van der Waals surface area contributed by atoms with Gasteiger partial charge in [0, 0.05) is 19.2 Å². The molecule has 1 saturated heterocycles. The van der Waals surface area contributed by atoms with Gasteiger partial charge in [0.2, 0.25) is 11.8 Å². The fraction of sp³-hybridized carbons (Fsp3) is 0.467. The van der Waals surface area contributed by atoms with Crippen molar-refractivity contribution in [1.82, 2.24) is 4.90 Å². The van der Waals surface area contributed by atoms with Crippen molar-refractivity contribution in [3.05, 3.63) is 29.8 Å². The smallest absolute Gasteiger partial charge is 0.239 e. The van der Waals surface area contributed by atoms with E-state index in [9.17, 15) is 18.4 Å². The average molecular weight is 296 g/mol. The molecule has 0 bridgehead atoms. The number of halogens is 2. The van der Waals surface area contributed by atoms with Gasteiger partial charge in [0.05, 0.1) is 5.69 Å². The third kappa shape index (κ3) is 3.20. The number of anilines is 1. The number of nitrogens with zero attached hydrogens (tertiary/aromatic N) is 1. The van der Waals surface area contributed by atoms with Crippen LogP contribution in [0, 0.1) is 17.0 Å². The van der Waals surface area contributed by atoms with E-state index in [0.29, 0.717) is 19.2 Å². The Hall–Kier alpha value is -1.98. The molecule has 0 aromatic heterocycles. The molecule has 1 aliphatic heterocycles. The molecule has 0 atom stereocenters. The van der Waals surface area contributed by atoms with Crippen LogP contribution in [0.3, 0.4) is 0 Å². The van der Waals surface area contributed by atoms with Crippen LogP contribution in [0.5, 0.6) is 0 Å². The summed E-state index contributed by atoms with van der Waals surface area (Å²) in [5.41, 5.74) is -1.44. The maximum absolute atomic E-state index is 13.6. The number of rotatable bonds is 3. The van der Waals surface area contributed by atoms with Crippen LogP contribution in [0.2, 0.25) is 0 Å². The van der Waals surface area contributed by atoms with Crippen LogP contribution in [-0.2, 0) is 9.59 Å². The van der Waals surface area contributed by atoms with Gasteiger partial charge in [-0.3, -0.25) is 9.59 Å². The molecule has 0 aliphatic carbocycles. The normalized spacial score (nSPS) is 15.1. The first kappa shape index (κ1) is 15.4. The van der Waals surface area contributed by atoms with Crippen molar-refractivity contribution in [2.75, 3.05) is 18.4 Å². The Morgan fingerprint density at radius 2 is 1.81 bits per heavy atom. The van der Waals surface area contributed by atoms with Crippen molar-refractivity contribution in [3.8, 4) is 0 Å². The molecule has 1 aromatic rings. The fourth-order valence-electron chi connectivity index (χ4n) is 2.28. The molecule has 1 N–H and O–H groups in total. The highest BCUT2D eigenvalue weighted by atomic mass is 19.1. The van der Waals surface area contributed by atoms with Crippen molar-refractivity contribution >= 4 is 17.5 Å². The summed E-state index contributed by atoms with van der Waals surface area (Å²) in [6.45, 7) is 4.29. The molecule has 0 spiro atoms. The van der Waals surface area contributed by atoms with Gasteiger partial charge in [-0.1, -0.05) is 0 Å². The Morgan fingerprint density at radius 1 is 1.19 bits per heavy atom. The van der Waals surface area contributed by atoms with Crippen LogP contribution in [0.1, 0.15) is 26.7 Å². The molecule has 2 rings (SSSR count). The lowest BCUT2D eigenvalue weighted by Crippen LogP contribution is -2.46. The van der Waals surface area contributed by atoms with E-state index in [1.807, 2.05) is 0 Å². The molecule has 21 heavy (non-hydrogen) atoms. The maximum atomic E-state index is 13.6. The molecule has 114 valence electrons. The molecule has 1 heterocycles. The largest absolute Gasteiger partial charge is 0.342 e. The summed E-state index contributed by atoms with van der Waals surface area (Å²) in [5.74, 6) is -2.48. The second-order valence-corrected chi connectivity index (χ2v) is 5.70. The number of likely N-dealkylation sites (tertiary alicyclic amines) is 1. The first-order valence-electron chi connectivity index (χ1n) is 6.88. The minimum absolute atomic E-state index is 0.135. The van der Waals surface area contributed by atoms with Gasteiger partial charge in [-0.25, -0.2) is 8.78 Å². The number of carbonyl (C=O) groups excluding carboxylic acids is 2. The third-order valence-electron chi connectivity index (χ3n) is 3.67. The van der Waals surface area contributed by atoms with Crippen molar-refractivity contribution in [2.24, 2.45) is 5.41 Å². The van der Waals surface area contributed by atoms with Crippen LogP contribution in [0.15, 0.2) is 18.2 Å². The molecule has 0 unspecified atom stereocenters. The molecule has 1 aromatic carbocycles. The van der Waals surface area contributed by atoms with Gasteiger partial charge < -0.3 is 10.2 Å². The number of hydrogen-bond donors (Lipinski definition) is 1. The molecule has 6 heteroatoms. The standard InChI is InChI=1S/C15H18F2N2O2/c1-15(2,14(21)19-7-3-4-8-19)13(20)18-12-6-5-10(16)9-11(12)17/h5-6,9H,3-4,7-8H2,1-2H3,(H,18,20). The van der Waals surface area contributed by atoms with Gasteiger partial charge in [-0.15, -0.1) is 0 Å². The zero-order valence-electron chi connectivity index (χ0n) is 12.1. The quantitative estimate of drug-likeness (QED) is 0.871. The zero-order valence-corrected chi connectivity index (χ0v) is 12.1. The number of nitrogens with one attached hydrogen (secondary N) is 1. The van der Waals surface area contributed by atoms with E-state index < -0.39 is 23.0 Å². The van der Waals surface area contributed by atoms with Crippen LogP contribution in [-0.4, -0.2) is 29.8 Å². The minimum atomic E-state index is -1.30. The van der Waals surface area contributed by atoms with E-state index >= 15 is 0 Å². The second kappa shape index (κ2) is 5.79. The first-order valence-corrected chi connectivity index (χ1v) is 6.88. The topological polar surface area (TPSA) is 49.4 Å². The summed E-state index contributed by atoms with van der Waals surface area (Å²) < 4.78 is 26.4. The Morgan fingerprint density at radius 3 is 2.38 bits per heavy atom. The number of carbonyl (C=O) groups is 2. The van der Waals surface area contributed by atoms with Gasteiger partial charge >= 0.3 is 0 Å². The highest BCUT2D eigenvalue weighted by molar-refractivity contribution is 6.09. The van der Waals surface area contributed by atoms with Crippen LogP contribution >= 0.6 is 0 Å². The molecule has 2 amide bonds. The highest BCUT2D eigenvalue weighted by Gasteiger charge is 2.40. The molecule has 4 nitrogen and oxygen atoms in total. The predicted molar refractivity (Wildman–Crippen MR) is 74.6 cm³/mol. The van der Waals surface area contributed by atoms with Crippen LogP contribution < -0.4 is 5.32 Å². The summed E-state index contributed by atoms with van der Waals surface area (Å²) in [5, 5.41) is 2.35. The molecule has 1 fully saturated rings. The molecule has 1 aliphatic rings. The van der Waals surface area contributed by atoms with Crippen molar-refractivity contribution in [2.45, 2.75) is 26.7 Å². The van der Waals surface area contributed by atoms with E-state index in [-0.39, 0.29) is 11.6 Å². The summed E-state index contributed by atoms with van der Waals surface area (Å²) in [6.07, 6.45) is 1.85. The Labute approximate surface area is 122 Å². The van der Waals surface area contributed by atoms with E-state index in [1.54, 1.807) is 4.90 Å². The number of amides is 2. The van der Waals surface area contributed by atoms with Crippen LogP contribution in [0.25, 0.3) is 0 Å². The van der Waals surface area contributed by atoms with Crippen molar-refractivity contribution in [1.29, 1.82) is 0 Å². The fourth-order valence-corrected chi connectivity index (χ4v) is 2.28. The lowest BCUT2D eigenvalue weighted by Gasteiger charge is -2.28. The van der Waals surface area contributed by atoms with Gasteiger partial charge in [-0.05, 0) is 38.8 Å². The molecular weight excluding hydrogens is 278 g/mol. The molecule has 0 saturated carbocycles. The summed E-state index contributed by atoms with van der Waals surface area (Å²) in [4.78, 5) is 26.2. The second-order valence-electron chi connectivity index (χ2n) is 5.70. The summed E-state index contributed by atoms with van der Waals surface area (Å²) >= 11 is 0. The number of benzene rings is 1. The highest BCUT2D eigenvalue weighted by Crippen LogP contribution is 2.25. The zero-order chi connectivity index (χ0) is 15.6. The van der Waals surface area contributed by atoms with Crippen molar-refractivity contribution < 1.29 is 18.4 Å². The van der Waals surface area contributed by atoms with Gasteiger partial charge in [-0.2, -0.15) is 0 Å². The lowest BCUT2D eigenvalue weighted by atomic mass is 9.90. The molecule has 0 radical (unpaired) electrons. The number of hydrogen-bond acceptors (Lipinski definition) is 2. The van der Waals surface area contributed by atoms with Crippen molar-refractivity contribution in [3.63, 3.8) is 0 Å². The Balaban J connectivity index is 2.12. The summed E-state index contributed by atoms with van der Waals surface area (Å²) in [6, 6.07) is 2.87. The molecular formula is C15H18F2N2O2. The van der Waals surface area contributed by atoms with E-state index in [0.717, 1.165) is 25.0 Å². The predicted octanol–water partition coefficient (Wildman–Crippen LogP) is 2.55. The summed E-state index contributed by atoms with van der Waals surface area (Å²) in [7, 11) is 0. The Kier molecular flexibility index (Phi) is 4.25. The monoisotopic (exact) mass is 296 g/mol. The van der Waals surface area contributed by atoms with Gasteiger partial charge in [0.1, 0.15) is 17.0 Å². The maximum Gasteiger partial charge on any atom is 0.239 e. The lowest BCUT2D eigenvalue weighted by molar-refractivity contribution is -0.145. The van der Waals surface area contributed by atoms with E-state index in [4.69, 9.17) is 0 Å². The SMILES string of the molecule is CC(C)(C(=O)Nc1ccc(F)cc1F)C(=O)N1CCCC1. The average Bonchev–Trinajstić information content (AvgIpc) is 2.94. The Bertz CT molecular complexity index is 567. The van der Waals surface area contributed by atoms with Gasteiger partial charge in [0.25, 0.3) is 0 Å². The van der Waals surface area contributed by atoms with Gasteiger partial charge in [0.15, 0.2) is 0 Å². The van der Waals surface area contributed by atoms with E-state index in [2.05, 4.69) is 5.32 Å². The van der Waals surface area contributed by atoms with Crippen LogP contribution in [0.4, 0.5) is 14.5 Å². The minimum Gasteiger partial charge on any atom is -0.342 e.